The lowest BCUT2D eigenvalue weighted by Gasteiger charge is -2.30. The first-order valence-corrected chi connectivity index (χ1v) is 24.1. The molecule has 1 fully saturated rings. The van der Waals surface area contributed by atoms with Gasteiger partial charge in [0.2, 0.25) is 16.9 Å². The van der Waals surface area contributed by atoms with E-state index in [2.05, 4.69) is 47.4 Å². The van der Waals surface area contributed by atoms with Crippen molar-refractivity contribution in [3.63, 3.8) is 0 Å². The number of nitrogen functional groups attached to an aromatic ring is 1. The number of amides is 2. The van der Waals surface area contributed by atoms with Gasteiger partial charge in [0.1, 0.15) is 36.3 Å². The molecule has 7 atom stereocenters. The van der Waals surface area contributed by atoms with Gasteiger partial charge in [-0.15, -0.1) is 0 Å². The Labute approximate surface area is 354 Å². The molecule has 24 nitrogen and oxygen atoms in total. The lowest BCUT2D eigenvalue weighted by atomic mass is 9.87. The van der Waals surface area contributed by atoms with Gasteiger partial charge in [0.05, 0.1) is 19.5 Å². The number of phosphoric ester groups is 3. The molecular weight excluding hydrogens is 891 g/mol. The zero-order valence-electron chi connectivity index (χ0n) is 33.4. The summed E-state index contributed by atoms with van der Waals surface area (Å²) in [4.78, 5) is 87.8. The summed E-state index contributed by atoms with van der Waals surface area (Å²) in [5.41, 5.74) is 4.26. The number of aliphatic hydroxyl groups excluding tert-OH is 2. The number of hydrogen-bond acceptors (Lipinski definition) is 18. The fraction of sp³-hybridized carbons (Fsp3) is 0.576. The molecule has 0 spiro atoms. The highest BCUT2D eigenvalue weighted by Gasteiger charge is 2.50. The number of carbonyl (C=O) groups excluding carboxylic acids is 3. The second-order valence-electron chi connectivity index (χ2n) is 13.9. The summed E-state index contributed by atoms with van der Waals surface area (Å²) in [6.45, 7) is 2.59. The van der Waals surface area contributed by atoms with Crippen molar-refractivity contribution < 1.29 is 80.5 Å². The van der Waals surface area contributed by atoms with E-state index in [4.69, 9.17) is 19.5 Å². The summed E-state index contributed by atoms with van der Waals surface area (Å²) < 4.78 is 62.2. The van der Waals surface area contributed by atoms with Gasteiger partial charge in [-0.05, 0) is 18.9 Å². The zero-order chi connectivity index (χ0) is 45.4. The predicted octanol–water partition coefficient (Wildman–Crippen LogP) is 1.91. The topological polar surface area (TPSA) is 364 Å². The fourth-order valence-corrected chi connectivity index (χ4v) is 8.69. The van der Waals surface area contributed by atoms with Crippen molar-refractivity contribution in [3.05, 3.63) is 49.1 Å². The monoisotopic (exact) mass is 943 g/mol. The summed E-state index contributed by atoms with van der Waals surface area (Å²) in [5, 5.41) is 26.2. The van der Waals surface area contributed by atoms with Crippen LogP contribution in [-0.2, 0) is 50.7 Å². The van der Waals surface area contributed by atoms with Gasteiger partial charge >= 0.3 is 23.5 Å². The highest BCUT2D eigenvalue weighted by Crippen LogP contribution is 2.61. The maximum Gasteiger partial charge on any atom is 0.481 e. The quantitative estimate of drug-likeness (QED) is 0.0281. The molecule has 1 aliphatic rings. The number of thioether (sulfide) groups is 1. The van der Waals surface area contributed by atoms with Crippen LogP contribution in [0.1, 0.15) is 59.1 Å². The number of aromatic nitrogens is 4. The first-order valence-electron chi connectivity index (χ1n) is 18.6. The van der Waals surface area contributed by atoms with Gasteiger partial charge in [0.15, 0.2) is 17.7 Å². The van der Waals surface area contributed by atoms with Crippen LogP contribution in [0, 0.1) is 5.41 Å². The number of fused-ring (bicyclic) bond motifs is 1. The minimum atomic E-state index is -5.58. The van der Waals surface area contributed by atoms with E-state index in [9.17, 15) is 57.9 Å². The van der Waals surface area contributed by atoms with Crippen LogP contribution in [0.3, 0.4) is 0 Å². The van der Waals surface area contributed by atoms with Crippen LogP contribution >= 0.6 is 35.2 Å². The van der Waals surface area contributed by atoms with Crippen LogP contribution in [0.4, 0.5) is 5.82 Å². The number of carbonyl (C=O) groups is 3. The molecule has 2 aromatic rings. The van der Waals surface area contributed by atoms with Crippen LogP contribution in [0.2, 0.25) is 0 Å². The van der Waals surface area contributed by atoms with Gasteiger partial charge in [-0.25, -0.2) is 28.6 Å². The number of anilines is 1. The van der Waals surface area contributed by atoms with E-state index in [1.807, 2.05) is 12.2 Å². The minimum Gasteiger partial charge on any atom is -0.386 e. The molecule has 3 heterocycles. The normalized spacial score (nSPS) is 21.3. The van der Waals surface area contributed by atoms with Gasteiger partial charge in [0.25, 0.3) is 0 Å². The molecule has 0 saturated carbocycles. The van der Waals surface area contributed by atoms with Crippen molar-refractivity contribution in [2.75, 3.05) is 37.8 Å². The number of imidazole rings is 1. The van der Waals surface area contributed by atoms with Crippen LogP contribution in [0.5, 0.6) is 0 Å². The molecule has 342 valence electrons. The average molecular weight is 944 g/mol. The van der Waals surface area contributed by atoms with E-state index in [1.54, 1.807) is 12.2 Å². The first-order chi connectivity index (χ1) is 28.6. The molecule has 0 bridgehead atoms. The smallest absolute Gasteiger partial charge is 0.386 e. The largest absolute Gasteiger partial charge is 0.481 e. The number of rotatable bonds is 26. The molecule has 10 N–H and O–H groups in total. The molecule has 0 aromatic carbocycles. The van der Waals surface area contributed by atoms with E-state index < -0.39 is 84.6 Å². The van der Waals surface area contributed by atoms with Crippen LogP contribution in [0.25, 0.3) is 11.2 Å². The van der Waals surface area contributed by atoms with Crippen LogP contribution < -0.4 is 16.4 Å². The lowest BCUT2D eigenvalue weighted by Crippen LogP contribution is -2.46. The molecule has 2 amide bonds. The second kappa shape index (κ2) is 24.0. The Morgan fingerprint density at radius 2 is 1.72 bits per heavy atom. The lowest BCUT2D eigenvalue weighted by molar-refractivity contribution is -0.137. The van der Waals surface area contributed by atoms with Crippen molar-refractivity contribution in [2.24, 2.45) is 5.41 Å². The predicted molar refractivity (Wildman–Crippen MR) is 219 cm³/mol. The van der Waals surface area contributed by atoms with Gasteiger partial charge in [-0.3, -0.25) is 32.5 Å². The number of hydrogen-bond donors (Lipinski definition) is 9. The van der Waals surface area contributed by atoms with E-state index in [0.29, 0.717) is 5.75 Å². The van der Waals surface area contributed by atoms with Crippen LogP contribution in [0.15, 0.2) is 49.1 Å². The maximum absolute atomic E-state index is 12.7. The first kappa shape index (κ1) is 52.1. The molecule has 7 unspecified atom stereocenters. The van der Waals surface area contributed by atoms with E-state index in [1.165, 1.54) is 26.3 Å². The summed E-state index contributed by atoms with van der Waals surface area (Å²) in [6, 6.07) is 0. The molecule has 2 aromatic heterocycles. The third-order valence-corrected chi connectivity index (χ3v) is 12.4. The number of nitrogens with two attached hydrogens (primary N) is 1. The Bertz CT molecular complexity index is 2030. The second-order valence-corrected chi connectivity index (χ2v) is 19.2. The van der Waals surface area contributed by atoms with E-state index >= 15 is 0 Å². The van der Waals surface area contributed by atoms with Crippen molar-refractivity contribution in [1.29, 1.82) is 0 Å². The van der Waals surface area contributed by atoms with Crippen molar-refractivity contribution in [3.8, 4) is 0 Å². The maximum atomic E-state index is 12.7. The zero-order valence-corrected chi connectivity index (χ0v) is 36.9. The number of phosphoric acid groups is 3. The number of aliphatic hydroxyl groups is 2. The summed E-state index contributed by atoms with van der Waals surface area (Å²) in [7, 11) is -16.4. The highest BCUT2D eigenvalue weighted by molar-refractivity contribution is 8.14. The van der Waals surface area contributed by atoms with Gasteiger partial charge < -0.3 is 50.9 Å². The minimum absolute atomic E-state index is 0.0292. The standard InChI is InChI=1S/C33H52N7O17P3S/c1-4-5-6-7-8-9-10-11-12-13-24(42)61-17-16-35-23(41)14-15-36-31(45)28(44)33(2,3)19-54-60(51,52)57-59(49,50)53-18-22-27(56-58(46,47)48)26(43)32(55-22)40-21-39-25-29(34)37-20-38-30(25)40/h8-13,20-22,26-28,32,43-44H,4-7,14-19H2,1-3H3,(H,35,41)(H,36,45)(H,49,50)(H,51,52)(H2,34,37,38)(H2,46,47,48)/b9-8+,11-10+,13-12+. The number of nitrogens with one attached hydrogen (secondary N) is 2. The van der Waals surface area contributed by atoms with Crippen molar-refractivity contribution in [1.82, 2.24) is 30.2 Å². The molecule has 0 radical (unpaired) electrons. The number of allylic oxidation sites excluding steroid dienone is 5. The number of ether oxygens (including phenoxy) is 1. The number of unbranched alkanes of at least 4 members (excludes halogenated alkanes) is 3. The summed E-state index contributed by atoms with van der Waals surface area (Å²) in [6.07, 6.45) is 8.14. The molecule has 0 aliphatic carbocycles. The SMILES string of the molecule is CCCCC/C=C/C=C/C=C/C(=O)SCCNC(=O)CCNC(=O)C(O)C(C)(C)COP(=O)(O)OP(=O)(O)OCC1OC(n2cnc3c(N)ncnc32)C(O)C1OP(=O)(O)O. The Kier molecular flexibility index (Phi) is 20.5. The molecule has 1 saturated heterocycles. The Morgan fingerprint density at radius 3 is 2.43 bits per heavy atom. The van der Waals surface area contributed by atoms with Gasteiger partial charge in [-0.2, -0.15) is 4.31 Å². The van der Waals surface area contributed by atoms with Gasteiger partial charge in [-0.1, -0.05) is 75.8 Å². The van der Waals surface area contributed by atoms with E-state index in [0.717, 1.165) is 48.2 Å². The summed E-state index contributed by atoms with van der Waals surface area (Å²) in [5.74, 6) is -1.17. The average Bonchev–Trinajstić information content (AvgIpc) is 3.73. The molecule has 28 heteroatoms. The molecule has 61 heavy (non-hydrogen) atoms. The van der Waals surface area contributed by atoms with Crippen LogP contribution in [-0.4, -0.2) is 123 Å². The van der Waals surface area contributed by atoms with Crippen molar-refractivity contribution in [2.45, 2.75) is 83.5 Å². The third kappa shape index (κ3) is 17.8. The van der Waals surface area contributed by atoms with Gasteiger partial charge in [0, 0.05) is 30.7 Å². The fourth-order valence-electron chi connectivity index (χ4n) is 5.28. The highest BCUT2D eigenvalue weighted by atomic mass is 32.2. The van der Waals surface area contributed by atoms with Crippen molar-refractivity contribution >= 4 is 69.1 Å². The Morgan fingerprint density at radius 1 is 1.02 bits per heavy atom. The molecule has 1 aliphatic heterocycles. The molecular formula is C33H52N7O17P3S. The summed E-state index contributed by atoms with van der Waals surface area (Å²) >= 11 is 1.01. The Balaban J connectivity index is 1.42. The number of nitrogens with zero attached hydrogens (tertiary/aromatic N) is 4. The molecule has 3 rings (SSSR count). The Hall–Kier alpha value is -3.22. The van der Waals surface area contributed by atoms with E-state index in [-0.39, 0.29) is 41.6 Å². The third-order valence-electron chi connectivity index (χ3n) is 8.42.